The molecule has 0 saturated carbocycles. The summed E-state index contributed by atoms with van der Waals surface area (Å²) in [6.45, 7) is 0.0738. The van der Waals surface area contributed by atoms with Crippen molar-refractivity contribution in [3.63, 3.8) is 0 Å². The van der Waals surface area contributed by atoms with Gasteiger partial charge in [0.15, 0.2) is 9.84 Å². The Morgan fingerprint density at radius 2 is 1.56 bits per heavy atom. The van der Waals surface area contributed by atoms with Crippen LogP contribution >= 0.6 is 11.6 Å². The molecule has 0 aromatic heterocycles. The Balaban J connectivity index is 2.17. The Morgan fingerprint density at radius 1 is 1.06 bits per heavy atom. The number of carbonyl (C=O) groups is 2. The van der Waals surface area contributed by atoms with Crippen LogP contribution < -0.4 is 0 Å². The van der Waals surface area contributed by atoms with Crippen LogP contribution in [-0.2, 0) is 26.0 Å². The minimum absolute atomic E-state index is 0.0738. The zero-order chi connectivity index (χ0) is 13.3. The molecule has 0 bridgehead atoms. The van der Waals surface area contributed by atoms with Crippen LogP contribution in [0.25, 0.3) is 0 Å². The number of nitrogens with zero attached hydrogens (tertiary/aromatic N) is 1. The molecule has 1 aromatic carbocycles. The minimum Gasteiger partial charge on any atom is -0.276 e. The van der Waals surface area contributed by atoms with Gasteiger partial charge < -0.3 is 0 Å². The summed E-state index contributed by atoms with van der Waals surface area (Å²) < 4.78 is 22.5. The third kappa shape index (κ3) is 2.88. The van der Waals surface area contributed by atoms with E-state index in [0.717, 1.165) is 10.5 Å². The Kier molecular flexibility index (Phi) is 3.41. The smallest absolute Gasteiger partial charge is 0.244 e. The molecule has 5 nitrogen and oxygen atoms in total. The highest BCUT2D eigenvalue weighted by atomic mass is 35.5. The highest BCUT2D eigenvalue weighted by Gasteiger charge is 2.35. The first-order valence-electron chi connectivity index (χ1n) is 5.15. The van der Waals surface area contributed by atoms with Gasteiger partial charge in [-0.25, -0.2) is 8.42 Å². The summed E-state index contributed by atoms with van der Waals surface area (Å²) in [6, 6.07) is 6.66. The summed E-state index contributed by atoms with van der Waals surface area (Å²) in [4.78, 5) is 24.1. The Bertz CT molecular complexity index is 570. The van der Waals surface area contributed by atoms with Gasteiger partial charge in [-0.15, -0.1) is 0 Å². The topological polar surface area (TPSA) is 71.5 Å². The van der Waals surface area contributed by atoms with Crippen LogP contribution in [0.2, 0.25) is 5.02 Å². The molecule has 1 fully saturated rings. The Labute approximate surface area is 109 Å². The molecule has 1 aromatic rings. The van der Waals surface area contributed by atoms with E-state index in [1.54, 1.807) is 24.3 Å². The van der Waals surface area contributed by atoms with Crippen LogP contribution in [0.1, 0.15) is 5.56 Å². The number of amides is 2. The zero-order valence-corrected chi connectivity index (χ0v) is 10.9. The SMILES string of the molecule is O=C1CS(=O)(=O)CC(=O)N1Cc1ccc(Cl)cc1. The largest absolute Gasteiger partial charge is 0.276 e. The van der Waals surface area contributed by atoms with E-state index < -0.39 is 33.2 Å². The molecule has 7 heteroatoms. The molecule has 96 valence electrons. The van der Waals surface area contributed by atoms with E-state index in [-0.39, 0.29) is 6.54 Å². The van der Waals surface area contributed by atoms with Crippen molar-refractivity contribution >= 4 is 33.3 Å². The van der Waals surface area contributed by atoms with Gasteiger partial charge in [-0.05, 0) is 17.7 Å². The average Bonchev–Trinajstić information content (AvgIpc) is 2.24. The molecule has 0 N–H and O–H groups in total. The predicted octanol–water partition coefficient (Wildman–Crippen LogP) is 0.624. The molecule has 0 atom stereocenters. The summed E-state index contributed by atoms with van der Waals surface area (Å²) in [5.41, 5.74) is 0.723. The zero-order valence-electron chi connectivity index (χ0n) is 9.30. The van der Waals surface area contributed by atoms with Gasteiger partial charge in [0.1, 0.15) is 11.5 Å². The van der Waals surface area contributed by atoms with Gasteiger partial charge in [-0.3, -0.25) is 14.5 Å². The van der Waals surface area contributed by atoms with E-state index in [2.05, 4.69) is 0 Å². The molecular weight excluding hydrogens is 278 g/mol. The molecule has 2 rings (SSSR count). The molecule has 0 unspecified atom stereocenters. The quantitative estimate of drug-likeness (QED) is 0.748. The maximum atomic E-state index is 11.6. The third-order valence-corrected chi connectivity index (χ3v) is 4.17. The summed E-state index contributed by atoms with van der Waals surface area (Å²) in [7, 11) is -3.57. The fraction of sp³-hybridized carbons (Fsp3) is 0.273. The first-order valence-corrected chi connectivity index (χ1v) is 7.35. The number of imide groups is 1. The van der Waals surface area contributed by atoms with E-state index in [1.165, 1.54) is 0 Å². The Morgan fingerprint density at radius 3 is 2.06 bits per heavy atom. The predicted molar refractivity (Wildman–Crippen MR) is 65.7 cm³/mol. The number of rotatable bonds is 2. The number of carbonyl (C=O) groups excluding carboxylic acids is 2. The lowest BCUT2D eigenvalue weighted by molar-refractivity contribution is -0.143. The fourth-order valence-electron chi connectivity index (χ4n) is 1.67. The number of sulfone groups is 1. The van der Waals surface area contributed by atoms with Crippen LogP contribution in [0.15, 0.2) is 24.3 Å². The number of halogens is 1. The summed E-state index contributed by atoms with van der Waals surface area (Å²) in [6.07, 6.45) is 0. The normalized spacial score (nSPS) is 19.1. The minimum atomic E-state index is -3.57. The molecule has 1 saturated heterocycles. The summed E-state index contributed by atoms with van der Waals surface area (Å²) >= 11 is 5.72. The molecule has 0 aliphatic carbocycles. The second-order valence-electron chi connectivity index (χ2n) is 4.03. The highest BCUT2D eigenvalue weighted by Crippen LogP contribution is 2.14. The first kappa shape index (κ1) is 13.0. The molecule has 1 aliphatic heterocycles. The summed E-state index contributed by atoms with van der Waals surface area (Å²) in [5, 5.41) is 0.553. The second kappa shape index (κ2) is 4.70. The maximum Gasteiger partial charge on any atom is 0.244 e. The van der Waals surface area contributed by atoms with E-state index in [4.69, 9.17) is 11.6 Å². The van der Waals surface area contributed by atoms with Crippen molar-refractivity contribution in [3.05, 3.63) is 34.9 Å². The lowest BCUT2D eigenvalue weighted by Crippen LogP contribution is -2.48. The van der Waals surface area contributed by atoms with Crippen LogP contribution in [0, 0.1) is 0 Å². The number of hydrogen-bond donors (Lipinski definition) is 0. The first-order chi connectivity index (χ1) is 8.37. The number of benzene rings is 1. The van der Waals surface area contributed by atoms with Crippen molar-refractivity contribution < 1.29 is 18.0 Å². The van der Waals surface area contributed by atoms with Crippen molar-refractivity contribution in [2.24, 2.45) is 0 Å². The van der Waals surface area contributed by atoms with Crippen molar-refractivity contribution in [3.8, 4) is 0 Å². The molecule has 0 radical (unpaired) electrons. The number of hydrogen-bond acceptors (Lipinski definition) is 4. The van der Waals surface area contributed by atoms with Crippen LogP contribution in [0.4, 0.5) is 0 Å². The fourth-order valence-corrected chi connectivity index (χ4v) is 2.96. The van der Waals surface area contributed by atoms with Crippen LogP contribution in [-0.4, -0.2) is 36.6 Å². The molecule has 0 spiro atoms. The van der Waals surface area contributed by atoms with E-state index in [0.29, 0.717) is 5.02 Å². The lowest BCUT2D eigenvalue weighted by Gasteiger charge is -2.24. The molecular formula is C11H10ClNO4S. The van der Waals surface area contributed by atoms with Crippen molar-refractivity contribution in [1.29, 1.82) is 0 Å². The maximum absolute atomic E-state index is 11.6. The van der Waals surface area contributed by atoms with Gasteiger partial charge in [-0.1, -0.05) is 23.7 Å². The van der Waals surface area contributed by atoms with E-state index in [9.17, 15) is 18.0 Å². The third-order valence-electron chi connectivity index (χ3n) is 2.54. The molecule has 1 heterocycles. The van der Waals surface area contributed by atoms with Crippen LogP contribution in [0.3, 0.4) is 0 Å². The lowest BCUT2D eigenvalue weighted by atomic mass is 10.2. The van der Waals surface area contributed by atoms with Gasteiger partial charge in [-0.2, -0.15) is 0 Å². The van der Waals surface area contributed by atoms with Crippen LogP contribution in [0.5, 0.6) is 0 Å². The van der Waals surface area contributed by atoms with E-state index >= 15 is 0 Å². The monoisotopic (exact) mass is 287 g/mol. The summed E-state index contributed by atoms with van der Waals surface area (Å²) in [5.74, 6) is -2.57. The van der Waals surface area contributed by atoms with Gasteiger partial charge >= 0.3 is 0 Å². The van der Waals surface area contributed by atoms with E-state index in [1.807, 2.05) is 0 Å². The second-order valence-corrected chi connectivity index (χ2v) is 6.53. The van der Waals surface area contributed by atoms with Gasteiger partial charge in [0.05, 0.1) is 6.54 Å². The van der Waals surface area contributed by atoms with Gasteiger partial charge in [0, 0.05) is 5.02 Å². The molecule has 2 amide bonds. The highest BCUT2D eigenvalue weighted by molar-refractivity contribution is 7.92. The standard InChI is InChI=1S/C11H10ClNO4S/c12-9-3-1-8(2-4-9)5-13-10(14)6-18(16,17)7-11(13)15/h1-4H,5-7H2. The molecule has 1 aliphatic rings. The van der Waals surface area contributed by atoms with Crippen molar-refractivity contribution in [2.45, 2.75) is 6.54 Å². The molecule has 18 heavy (non-hydrogen) atoms. The van der Waals surface area contributed by atoms with Gasteiger partial charge in [0.2, 0.25) is 11.8 Å². The van der Waals surface area contributed by atoms with Gasteiger partial charge in [0.25, 0.3) is 0 Å². The van der Waals surface area contributed by atoms with Crippen molar-refractivity contribution in [1.82, 2.24) is 4.90 Å². The average molecular weight is 288 g/mol. The Hall–Kier alpha value is -1.40. The van der Waals surface area contributed by atoms with Crippen molar-refractivity contribution in [2.75, 3.05) is 11.5 Å².